The van der Waals surface area contributed by atoms with Gasteiger partial charge in [0.25, 0.3) is 0 Å². The standard InChI is InChI=1S/C25H31ClF2.C11H13F3N2/c1-6-8-10-21(23-15-20(26)13-12-19(23)9-7-2)17(4)18(5)22-14-11-16(3)24(27)25(22)28;1-4-5-9(3)16-10(7-15)6-8(2)11(12,13)14/h11-15,18H,6-10H2,1-5H3;6H,2,4-5H2,1,3H3/b21-17+;10-6-,16-9?/t18-;/m1./s1. The highest BCUT2D eigenvalue weighted by molar-refractivity contribution is 6.30. The Kier molecular flexibility index (Phi) is 16.3. The second-order valence-corrected chi connectivity index (χ2v) is 11.3. The second-order valence-electron chi connectivity index (χ2n) is 10.9. The Bertz CT molecular complexity index is 1410. The molecule has 0 N–H and O–H groups in total. The van der Waals surface area contributed by atoms with Gasteiger partial charge in [0.05, 0.1) is 5.57 Å². The summed E-state index contributed by atoms with van der Waals surface area (Å²) in [5.74, 6) is -1.70. The number of hydrogen-bond donors (Lipinski definition) is 0. The van der Waals surface area contributed by atoms with Crippen LogP contribution < -0.4 is 0 Å². The Morgan fingerprint density at radius 2 is 1.68 bits per heavy atom. The first-order chi connectivity index (χ1) is 20.6. The van der Waals surface area contributed by atoms with Crippen LogP contribution in [0.5, 0.6) is 0 Å². The average molecular weight is 635 g/mol. The molecule has 2 aromatic rings. The van der Waals surface area contributed by atoms with E-state index in [0.29, 0.717) is 34.4 Å². The van der Waals surface area contributed by atoms with E-state index in [2.05, 4.69) is 31.5 Å². The van der Waals surface area contributed by atoms with Gasteiger partial charge in [0.2, 0.25) is 0 Å². The summed E-state index contributed by atoms with van der Waals surface area (Å²) in [6, 6.07) is 11.0. The number of aryl methyl sites for hydroxylation is 2. The maximum Gasteiger partial charge on any atom is 0.415 e. The minimum absolute atomic E-state index is 0.213. The number of aliphatic imine (C=N–C) groups is 1. The molecule has 0 radical (unpaired) electrons. The molecule has 0 unspecified atom stereocenters. The lowest BCUT2D eigenvalue weighted by atomic mass is 9.83. The van der Waals surface area contributed by atoms with Crippen molar-refractivity contribution in [3.05, 3.63) is 98.7 Å². The summed E-state index contributed by atoms with van der Waals surface area (Å²) in [7, 11) is 0. The zero-order valence-electron chi connectivity index (χ0n) is 26.9. The van der Waals surface area contributed by atoms with E-state index in [4.69, 9.17) is 16.9 Å². The van der Waals surface area contributed by atoms with Crippen molar-refractivity contribution in [3.8, 4) is 6.07 Å². The third-order valence-corrected chi connectivity index (χ3v) is 7.54. The number of allylic oxidation sites excluding steroid dienone is 5. The predicted octanol–water partition coefficient (Wildman–Crippen LogP) is 12.4. The van der Waals surface area contributed by atoms with Gasteiger partial charge in [-0.25, -0.2) is 13.8 Å². The largest absolute Gasteiger partial charge is 0.415 e. The molecule has 0 aliphatic heterocycles. The molecule has 2 nitrogen and oxygen atoms in total. The zero-order valence-corrected chi connectivity index (χ0v) is 27.6. The fraction of sp³-hybridized carbons (Fsp3) is 0.444. The van der Waals surface area contributed by atoms with E-state index >= 15 is 0 Å². The van der Waals surface area contributed by atoms with E-state index in [0.717, 1.165) is 49.7 Å². The molecule has 240 valence electrons. The normalized spacial score (nSPS) is 13.5. The Morgan fingerprint density at radius 1 is 1.02 bits per heavy atom. The van der Waals surface area contributed by atoms with Crippen molar-refractivity contribution >= 4 is 22.9 Å². The van der Waals surface area contributed by atoms with Crippen LogP contribution in [0.15, 0.2) is 64.8 Å². The van der Waals surface area contributed by atoms with Crippen LogP contribution in [0.25, 0.3) is 5.57 Å². The van der Waals surface area contributed by atoms with Crippen LogP contribution in [0, 0.1) is 29.9 Å². The number of rotatable bonds is 12. The number of benzene rings is 2. The molecule has 0 bridgehead atoms. The molecule has 0 saturated carbocycles. The Labute approximate surface area is 265 Å². The Balaban J connectivity index is 0.000000517. The van der Waals surface area contributed by atoms with E-state index < -0.39 is 23.4 Å². The lowest BCUT2D eigenvalue weighted by Crippen LogP contribution is -2.09. The van der Waals surface area contributed by atoms with E-state index in [1.165, 1.54) is 11.1 Å². The fourth-order valence-electron chi connectivity index (χ4n) is 4.66. The van der Waals surface area contributed by atoms with Crippen LogP contribution >= 0.6 is 11.6 Å². The minimum Gasteiger partial charge on any atom is -0.247 e. The van der Waals surface area contributed by atoms with Crippen LogP contribution in [0.1, 0.15) is 108 Å². The Morgan fingerprint density at radius 3 is 2.23 bits per heavy atom. The summed E-state index contributed by atoms with van der Waals surface area (Å²) in [5.41, 5.74) is 4.74. The number of halogens is 6. The third-order valence-electron chi connectivity index (χ3n) is 7.31. The minimum atomic E-state index is -4.52. The molecule has 0 aliphatic carbocycles. The van der Waals surface area contributed by atoms with Crippen molar-refractivity contribution in [2.24, 2.45) is 4.99 Å². The second kappa shape index (κ2) is 18.5. The first-order valence-electron chi connectivity index (χ1n) is 15.0. The highest BCUT2D eigenvalue weighted by atomic mass is 35.5. The number of hydrogen-bond acceptors (Lipinski definition) is 2. The summed E-state index contributed by atoms with van der Waals surface area (Å²) >= 11 is 6.33. The maximum atomic E-state index is 14.6. The summed E-state index contributed by atoms with van der Waals surface area (Å²) < 4.78 is 65.2. The quantitative estimate of drug-likeness (QED) is 0.0990. The average Bonchev–Trinajstić information content (AvgIpc) is 2.96. The van der Waals surface area contributed by atoms with Crippen LogP contribution in [-0.2, 0) is 6.42 Å². The molecule has 0 heterocycles. The van der Waals surface area contributed by atoms with Gasteiger partial charge in [-0.15, -0.1) is 0 Å². The molecule has 0 aromatic heterocycles. The molecule has 44 heavy (non-hydrogen) atoms. The molecular weight excluding hydrogens is 591 g/mol. The van der Waals surface area contributed by atoms with Crippen molar-refractivity contribution < 1.29 is 22.0 Å². The highest BCUT2D eigenvalue weighted by Gasteiger charge is 2.30. The highest BCUT2D eigenvalue weighted by Crippen LogP contribution is 2.37. The number of alkyl halides is 3. The number of unbranched alkanes of at least 4 members (excludes halogenated alkanes) is 1. The predicted molar refractivity (Wildman–Crippen MR) is 174 cm³/mol. The lowest BCUT2D eigenvalue weighted by Gasteiger charge is -2.22. The van der Waals surface area contributed by atoms with Gasteiger partial charge in [0.1, 0.15) is 11.8 Å². The smallest absolute Gasteiger partial charge is 0.247 e. The number of nitriles is 1. The molecule has 0 aliphatic rings. The van der Waals surface area contributed by atoms with Crippen molar-refractivity contribution in [3.63, 3.8) is 0 Å². The van der Waals surface area contributed by atoms with Crippen LogP contribution in [-0.4, -0.2) is 11.9 Å². The van der Waals surface area contributed by atoms with Gasteiger partial charge in [-0.1, -0.05) is 88.9 Å². The van der Waals surface area contributed by atoms with E-state index in [1.54, 1.807) is 32.0 Å². The first-order valence-corrected chi connectivity index (χ1v) is 15.3. The SMILES string of the molecule is C=C(/C=C(/C#N)N=C(C)CCC)C(F)(F)F.CCCC/C(=C(/C)[C@@H](C)c1ccc(C)c(F)c1F)c1cc(Cl)ccc1CCC. The van der Waals surface area contributed by atoms with Gasteiger partial charge < -0.3 is 0 Å². The first kappa shape index (κ1) is 38.8. The summed E-state index contributed by atoms with van der Waals surface area (Å²) in [6.07, 6.45) is 2.64. The van der Waals surface area contributed by atoms with Gasteiger partial charge in [-0.3, -0.25) is 0 Å². The van der Waals surface area contributed by atoms with Crippen molar-refractivity contribution in [1.82, 2.24) is 0 Å². The van der Waals surface area contributed by atoms with Crippen LogP contribution in [0.2, 0.25) is 5.02 Å². The van der Waals surface area contributed by atoms with Gasteiger partial charge in [0.15, 0.2) is 11.6 Å². The van der Waals surface area contributed by atoms with Crippen LogP contribution in [0.3, 0.4) is 0 Å². The summed E-state index contributed by atoms with van der Waals surface area (Å²) in [4.78, 5) is 3.79. The molecule has 2 rings (SSSR count). The third kappa shape index (κ3) is 11.7. The molecule has 1 atom stereocenters. The van der Waals surface area contributed by atoms with E-state index in [1.807, 2.05) is 32.9 Å². The van der Waals surface area contributed by atoms with Crippen LogP contribution in [0.4, 0.5) is 22.0 Å². The van der Waals surface area contributed by atoms with Gasteiger partial charge in [0, 0.05) is 16.7 Å². The number of nitrogens with zero attached hydrogens (tertiary/aromatic N) is 2. The molecule has 0 saturated heterocycles. The topological polar surface area (TPSA) is 36.1 Å². The maximum absolute atomic E-state index is 14.6. The molecular formula is C36H44ClF5N2. The van der Waals surface area contributed by atoms with Crippen molar-refractivity contribution in [2.45, 2.75) is 106 Å². The monoisotopic (exact) mass is 634 g/mol. The zero-order chi connectivity index (χ0) is 33.6. The van der Waals surface area contributed by atoms with Crippen molar-refractivity contribution in [2.75, 3.05) is 0 Å². The molecule has 0 fully saturated rings. The van der Waals surface area contributed by atoms with E-state index in [-0.39, 0.29) is 11.6 Å². The summed E-state index contributed by atoms with van der Waals surface area (Å²) in [6.45, 7) is 16.4. The van der Waals surface area contributed by atoms with E-state index in [9.17, 15) is 22.0 Å². The van der Waals surface area contributed by atoms with Gasteiger partial charge in [-0.2, -0.15) is 18.4 Å². The van der Waals surface area contributed by atoms with Gasteiger partial charge >= 0.3 is 6.18 Å². The molecule has 0 amide bonds. The summed E-state index contributed by atoms with van der Waals surface area (Å²) in [5, 5.41) is 9.33. The van der Waals surface area contributed by atoms with Gasteiger partial charge in [-0.05, 0) is 92.5 Å². The Hall–Kier alpha value is -3.24. The van der Waals surface area contributed by atoms with Crippen molar-refractivity contribution in [1.29, 1.82) is 5.26 Å². The fourth-order valence-corrected chi connectivity index (χ4v) is 4.84. The lowest BCUT2D eigenvalue weighted by molar-refractivity contribution is -0.0878. The molecule has 0 spiro atoms. The molecule has 8 heteroatoms. The molecule has 2 aromatic carbocycles.